The fraction of sp³-hybridized carbons (Fsp3) is 0.531. The predicted octanol–water partition coefficient (Wildman–Crippen LogP) is 3.82. The van der Waals surface area contributed by atoms with Crippen molar-refractivity contribution in [3.05, 3.63) is 49.3 Å². The summed E-state index contributed by atoms with van der Waals surface area (Å²) >= 11 is 0. The van der Waals surface area contributed by atoms with Gasteiger partial charge in [0.2, 0.25) is 0 Å². The lowest BCUT2D eigenvalue weighted by molar-refractivity contribution is -0.00479. The molecule has 1 aliphatic rings. The summed E-state index contributed by atoms with van der Waals surface area (Å²) in [6.45, 7) is 9.73. The first-order chi connectivity index (χ1) is 33.2. The Bertz CT molecular complexity index is 2620. The van der Waals surface area contributed by atoms with Gasteiger partial charge in [-0.2, -0.15) is 0 Å². The molecule has 0 amide bonds. The molecular weight excluding hydrogens is 889 g/mol. The first-order valence-corrected chi connectivity index (χ1v) is 22.7. The maximum atomic E-state index is 14.2. The maximum Gasteiger partial charge on any atom is 0.194 e. The van der Waals surface area contributed by atoms with Gasteiger partial charge in [-0.25, -0.2) is 0 Å². The highest BCUT2D eigenvalue weighted by atomic mass is 16.6. The van der Waals surface area contributed by atoms with Crippen LogP contribution in [0.1, 0.15) is 30.9 Å². The molecule has 0 fully saturated rings. The average Bonchev–Trinajstić information content (AvgIpc) is 3.46. The van der Waals surface area contributed by atoms with E-state index < -0.39 is 16.8 Å². The minimum Gasteiger partial charge on any atom is -0.505 e. The summed E-state index contributed by atoms with van der Waals surface area (Å²) in [5.41, 5.74) is 1.71. The largest absolute Gasteiger partial charge is 0.505 e. The Morgan fingerprint density at radius 2 is 1.00 bits per heavy atom. The van der Waals surface area contributed by atoms with Crippen LogP contribution in [0.5, 0.6) is 28.7 Å². The number of benzene rings is 5. The molecule has 5 N–H and O–H groups in total. The average molecular weight is 953 g/mol. The molecule has 6 rings (SSSR count). The van der Waals surface area contributed by atoms with Gasteiger partial charge < -0.3 is 77.8 Å². The van der Waals surface area contributed by atoms with Crippen molar-refractivity contribution in [1.29, 1.82) is 0 Å². The summed E-state index contributed by atoms with van der Waals surface area (Å²) in [6, 6.07) is 2.59. The molecule has 5 aromatic carbocycles. The summed E-state index contributed by atoms with van der Waals surface area (Å²) in [4.78, 5) is 33.3. The van der Waals surface area contributed by atoms with E-state index in [0.29, 0.717) is 128 Å². The number of methoxy groups -OCH3 is 3. The van der Waals surface area contributed by atoms with Gasteiger partial charge in [-0.05, 0) is 19.2 Å². The molecule has 1 aliphatic carbocycles. The van der Waals surface area contributed by atoms with Crippen LogP contribution in [0.3, 0.4) is 0 Å². The van der Waals surface area contributed by atoms with E-state index in [1.165, 1.54) is 33.5 Å². The Balaban J connectivity index is 1.33. The molecule has 0 bridgehead atoms. The number of aromatic hydroxyl groups is 2. The van der Waals surface area contributed by atoms with Gasteiger partial charge in [0.25, 0.3) is 0 Å². The van der Waals surface area contributed by atoms with E-state index in [1.54, 1.807) is 0 Å². The number of aliphatic imine (C=N–C) groups is 1. The third-order valence-corrected chi connectivity index (χ3v) is 11.5. The zero-order valence-electron chi connectivity index (χ0n) is 39.5. The Hall–Kier alpha value is -5.19. The molecule has 0 aliphatic heterocycles. The van der Waals surface area contributed by atoms with Crippen molar-refractivity contribution >= 4 is 60.6 Å². The number of phenols is 2. The molecule has 0 radical (unpaired) electrons. The first kappa shape index (κ1) is 52.2. The van der Waals surface area contributed by atoms with Gasteiger partial charge in [0.1, 0.15) is 11.5 Å². The number of hydrogen-bond acceptors (Lipinski definition) is 19. The van der Waals surface area contributed by atoms with Crippen LogP contribution in [-0.2, 0) is 37.9 Å². The summed E-state index contributed by atoms with van der Waals surface area (Å²) in [5.74, 6) is -0.831. The highest BCUT2D eigenvalue weighted by molar-refractivity contribution is 6.40. The lowest BCUT2D eigenvalue weighted by atomic mass is 9.80. The van der Waals surface area contributed by atoms with Crippen molar-refractivity contribution in [2.24, 2.45) is 4.99 Å². The normalized spacial score (nSPS) is 14.0. The summed E-state index contributed by atoms with van der Waals surface area (Å²) in [6.07, 6.45) is 1.93. The SMILES string of the molecule is COc1c(O)c2c(=O)cc(OC)c3c4c(OC)cc(=O)c5c(O)c(NCCOCCOCCOCCOCCO)c6c(c(c1C(C(C)=NCCOCCOCCOCCOCCO)C(C)=C6)c23)c54. The number of anilines is 1. The molecule has 0 heterocycles. The van der Waals surface area contributed by atoms with Gasteiger partial charge in [-0.1, -0.05) is 11.6 Å². The minimum atomic E-state index is -0.633. The monoisotopic (exact) mass is 952 g/mol. The number of allylic oxidation sites excluding steroid dienone is 1. The number of nitrogens with zero attached hydrogens (tertiary/aromatic N) is 1. The fourth-order valence-electron chi connectivity index (χ4n) is 8.74. The standard InChI is InChI=1S/C49H64N2O17/c1-29-26-31-37-42-38(47(56)46(31)51-7-11-62-15-19-66-23-25-68-21-17-64-13-9-53)32(54)27-34(58-3)40(42)41-35(59-4)28-33(55)39-44(41)43(37)45(49(60-5)48(39)57)36(29)30(2)50-6-10-61-14-18-65-22-24-67-20-16-63-12-8-52/h26-28,36,51-53,56-57H,6-25H2,1-5H3. The molecule has 372 valence electrons. The smallest absolute Gasteiger partial charge is 0.194 e. The zero-order valence-corrected chi connectivity index (χ0v) is 39.5. The van der Waals surface area contributed by atoms with Gasteiger partial charge in [-0.15, -0.1) is 0 Å². The van der Waals surface area contributed by atoms with Crippen LogP contribution in [0.25, 0.3) is 49.2 Å². The third kappa shape index (κ3) is 11.6. The lowest BCUT2D eigenvalue weighted by Gasteiger charge is -2.26. The van der Waals surface area contributed by atoms with Crippen LogP contribution < -0.4 is 30.4 Å². The summed E-state index contributed by atoms with van der Waals surface area (Å²) < 4.78 is 62.0. The number of aliphatic hydroxyl groups excluding tert-OH is 2. The number of fused-ring (bicyclic) bond motifs is 1. The molecule has 0 spiro atoms. The van der Waals surface area contributed by atoms with Crippen molar-refractivity contribution < 1.29 is 72.5 Å². The van der Waals surface area contributed by atoms with Gasteiger partial charge in [-0.3, -0.25) is 14.6 Å². The van der Waals surface area contributed by atoms with Gasteiger partial charge in [0.15, 0.2) is 28.1 Å². The van der Waals surface area contributed by atoms with E-state index in [0.717, 1.165) is 5.57 Å². The van der Waals surface area contributed by atoms with Crippen LogP contribution >= 0.6 is 0 Å². The second kappa shape index (κ2) is 26.0. The molecule has 19 nitrogen and oxygen atoms in total. The van der Waals surface area contributed by atoms with E-state index >= 15 is 0 Å². The molecule has 19 heteroatoms. The van der Waals surface area contributed by atoms with Gasteiger partial charge in [0.05, 0.1) is 163 Å². The topological polar surface area (TPSA) is 241 Å². The van der Waals surface area contributed by atoms with Crippen molar-refractivity contribution in [2.45, 2.75) is 19.8 Å². The third-order valence-electron chi connectivity index (χ3n) is 11.5. The van der Waals surface area contributed by atoms with Gasteiger partial charge in [0, 0.05) is 68.4 Å². The van der Waals surface area contributed by atoms with Crippen molar-refractivity contribution in [2.75, 3.05) is 159 Å². The molecule has 1 atom stereocenters. The van der Waals surface area contributed by atoms with Crippen LogP contribution in [0.15, 0.2) is 32.3 Å². The number of hydrogen-bond donors (Lipinski definition) is 5. The molecular formula is C49H64N2O17. The number of ether oxygens (including phenoxy) is 11. The minimum absolute atomic E-state index is 0.00613. The van der Waals surface area contributed by atoms with E-state index in [1.807, 2.05) is 19.9 Å². The summed E-state index contributed by atoms with van der Waals surface area (Å²) in [7, 11) is 4.30. The Kier molecular flexibility index (Phi) is 19.9. The molecule has 68 heavy (non-hydrogen) atoms. The second-order valence-corrected chi connectivity index (χ2v) is 15.7. The number of rotatable bonds is 33. The molecule has 0 saturated heterocycles. The Morgan fingerprint density at radius 3 is 1.47 bits per heavy atom. The number of phenolic OH excluding ortho intramolecular Hbond substituents is 2. The van der Waals surface area contributed by atoms with Crippen molar-refractivity contribution in [1.82, 2.24) is 0 Å². The van der Waals surface area contributed by atoms with Crippen LogP contribution in [0, 0.1) is 0 Å². The first-order valence-electron chi connectivity index (χ1n) is 22.7. The highest BCUT2D eigenvalue weighted by Crippen LogP contribution is 2.58. The van der Waals surface area contributed by atoms with Crippen LogP contribution in [0.2, 0.25) is 0 Å². The second-order valence-electron chi connectivity index (χ2n) is 15.7. The van der Waals surface area contributed by atoms with E-state index in [2.05, 4.69) is 5.32 Å². The predicted molar refractivity (Wildman–Crippen MR) is 258 cm³/mol. The highest BCUT2D eigenvalue weighted by Gasteiger charge is 2.37. The molecule has 5 aromatic rings. The van der Waals surface area contributed by atoms with E-state index in [-0.39, 0.29) is 97.9 Å². The lowest BCUT2D eigenvalue weighted by Crippen LogP contribution is -2.16. The summed E-state index contributed by atoms with van der Waals surface area (Å²) in [5, 5.41) is 48.0. The zero-order chi connectivity index (χ0) is 48.6. The molecule has 1 unspecified atom stereocenters. The molecule has 0 aromatic heterocycles. The maximum absolute atomic E-state index is 14.2. The van der Waals surface area contributed by atoms with Crippen molar-refractivity contribution in [3.63, 3.8) is 0 Å². The quantitative estimate of drug-likeness (QED) is 0.0132. The van der Waals surface area contributed by atoms with Crippen LogP contribution in [0.4, 0.5) is 5.69 Å². The van der Waals surface area contributed by atoms with Crippen LogP contribution in [-0.4, -0.2) is 179 Å². The number of nitrogens with one attached hydrogen (secondary N) is 1. The fourth-order valence-corrected chi connectivity index (χ4v) is 8.74. The number of aliphatic hydroxyl groups is 2. The Labute approximate surface area is 393 Å². The Morgan fingerprint density at radius 1 is 0.559 bits per heavy atom. The van der Waals surface area contributed by atoms with E-state index in [9.17, 15) is 19.8 Å². The van der Waals surface area contributed by atoms with E-state index in [4.69, 9.17) is 67.3 Å². The molecule has 0 saturated carbocycles. The van der Waals surface area contributed by atoms with Gasteiger partial charge >= 0.3 is 0 Å². The van der Waals surface area contributed by atoms with Crippen molar-refractivity contribution in [3.8, 4) is 28.7 Å².